The summed E-state index contributed by atoms with van der Waals surface area (Å²) >= 11 is 1.42. The normalized spacial score (nSPS) is 13.3. The summed E-state index contributed by atoms with van der Waals surface area (Å²) in [7, 11) is 1.49. The molecule has 200 valence electrons. The number of thiophene rings is 1. The molecule has 38 heavy (non-hydrogen) atoms. The van der Waals surface area contributed by atoms with Gasteiger partial charge >= 0.3 is 6.09 Å². The number of hydrogen-bond donors (Lipinski definition) is 1. The molecule has 0 aliphatic carbocycles. The van der Waals surface area contributed by atoms with Gasteiger partial charge in [-0.15, -0.1) is 11.3 Å². The third-order valence-electron chi connectivity index (χ3n) is 6.03. The van der Waals surface area contributed by atoms with E-state index in [-0.39, 0.29) is 43.5 Å². The average Bonchev–Trinajstić information content (AvgIpc) is 3.35. The smallest absolute Gasteiger partial charge is 0.407 e. The predicted octanol–water partition coefficient (Wildman–Crippen LogP) is 4.77. The Kier molecular flexibility index (Phi) is 8.48. The van der Waals surface area contributed by atoms with Crippen LogP contribution in [0.15, 0.2) is 42.6 Å². The molecule has 2 amide bonds. The number of hydrogen-bond acceptors (Lipinski definition) is 8. The van der Waals surface area contributed by atoms with Crippen molar-refractivity contribution in [3.8, 4) is 11.5 Å². The Morgan fingerprint density at radius 1 is 1.26 bits per heavy atom. The lowest BCUT2D eigenvalue weighted by molar-refractivity contribution is -0.385. The maximum atomic E-state index is 14.4. The number of non-ortho nitro benzene ring substituents is 1. The maximum absolute atomic E-state index is 14.4. The second kappa shape index (κ2) is 12.0. The summed E-state index contributed by atoms with van der Waals surface area (Å²) in [5.74, 6) is -0.718. The molecule has 0 bridgehead atoms. The number of carboxylic acid groups (broad SMARTS) is 1. The molecular weight excluding hydrogens is 519 g/mol. The fourth-order valence-electron chi connectivity index (χ4n) is 3.97. The molecule has 0 fully saturated rings. The number of nitro groups is 1. The summed E-state index contributed by atoms with van der Waals surface area (Å²) in [5.41, 5.74) is 1.33. The molecule has 0 radical (unpaired) electrons. The van der Waals surface area contributed by atoms with Crippen LogP contribution in [-0.2, 0) is 9.53 Å². The Balaban J connectivity index is 1.43. The van der Waals surface area contributed by atoms with Crippen LogP contribution in [0.2, 0.25) is 0 Å². The molecule has 0 saturated carbocycles. The van der Waals surface area contributed by atoms with Crippen LogP contribution in [-0.4, -0.2) is 76.7 Å². The van der Waals surface area contributed by atoms with E-state index in [0.29, 0.717) is 35.5 Å². The first-order valence-electron chi connectivity index (χ1n) is 11.7. The van der Waals surface area contributed by atoms with Gasteiger partial charge in [-0.3, -0.25) is 19.9 Å². The van der Waals surface area contributed by atoms with E-state index in [9.17, 15) is 29.2 Å². The molecular formula is C25H25FN4O7S. The van der Waals surface area contributed by atoms with Gasteiger partial charge in [0.05, 0.1) is 27.8 Å². The number of benzene rings is 1. The van der Waals surface area contributed by atoms with Crippen molar-refractivity contribution in [2.75, 3.05) is 39.9 Å². The Morgan fingerprint density at radius 2 is 2.08 bits per heavy atom. The Labute approximate surface area is 220 Å². The lowest BCUT2D eigenvalue weighted by Gasteiger charge is -2.27. The summed E-state index contributed by atoms with van der Waals surface area (Å²) in [5, 5.41) is 20.1. The highest BCUT2D eigenvalue weighted by Crippen LogP contribution is 2.39. The molecule has 3 heterocycles. The number of halogens is 1. The molecule has 3 aromatic rings. The van der Waals surface area contributed by atoms with Gasteiger partial charge < -0.3 is 24.4 Å². The first-order chi connectivity index (χ1) is 18.3. The zero-order chi connectivity index (χ0) is 27.2. The number of nitro benzene ring substituents is 1. The minimum atomic E-state index is -1.09. The van der Waals surface area contributed by atoms with Gasteiger partial charge in [0.2, 0.25) is 5.91 Å². The minimum Gasteiger partial charge on any atom is -0.465 e. The van der Waals surface area contributed by atoms with Crippen molar-refractivity contribution in [1.29, 1.82) is 0 Å². The molecule has 0 atom stereocenters. The first-order valence-corrected chi connectivity index (χ1v) is 12.5. The number of aromatic nitrogens is 1. The van der Waals surface area contributed by atoms with Crippen molar-refractivity contribution in [2.24, 2.45) is 0 Å². The van der Waals surface area contributed by atoms with E-state index in [1.165, 1.54) is 35.5 Å². The number of carbonyl (C=O) groups excluding carboxylic acids is 1. The second-order valence-corrected chi connectivity index (χ2v) is 9.49. The topological polar surface area (TPSA) is 135 Å². The molecule has 1 aliphatic rings. The molecule has 1 aromatic carbocycles. The summed E-state index contributed by atoms with van der Waals surface area (Å²) in [4.78, 5) is 42.3. The van der Waals surface area contributed by atoms with Crippen molar-refractivity contribution in [1.82, 2.24) is 14.8 Å². The second-order valence-electron chi connectivity index (χ2n) is 8.44. The van der Waals surface area contributed by atoms with Crippen molar-refractivity contribution in [3.63, 3.8) is 0 Å². The van der Waals surface area contributed by atoms with Crippen molar-refractivity contribution < 1.29 is 33.5 Å². The molecule has 2 aromatic heterocycles. The number of pyridine rings is 1. The molecule has 13 heteroatoms. The monoisotopic (exact) mass is 544 g/mol. The van der Waals surface area contributed by atoms with Crippen molar-refractivity contribution in [2.45, 2.75) is 12.8 Å². The van der Waals surface area contributed by atoms with Crippen molar-refractivity contribution in [3.05, 3.63) is 63.4 Å². The van der Waals surface area contributed by atoms with E-state index >= 15 is 0 Å². The lowest BCUT2D eigenvalue weighted by atomic mass is 10.1. The van der Waals surface area contributed by atoms with Gasteiger partial charge in [0, 0.05) is 62.9 Å². The van der Waals surface area contributed by atoms with Crippen LogP contribution in [0.4, 0.5) is 14.9 Å². The number of amides is 2. The molecule has 1 aliphatic heterocycles. The molecule has 11 nitrogen and oxygen atoms in total. The molecule has 0 saturated heterocycles. The van der Waals surface area contributed by atoms with Crippen LogP contribution in [0.25, 0.3) is 15.8 Å². The van der Waals surface area contributed by atoms with E-state index in [0.717, 1.165) is 16.5 Å². The molecule has 0 unspecified atom stereocenters. The van der Waals surface area contributed by atoms with E-state index < -0.39 is 16.8 Å². The predicted molar refractivity (Wildman–Crippen MR) is 138 cm³/mol. The van der Waals surface area contributed by atoms with Gasteiger partial charge in [0.15, 0.2) is 11.6 Å². The third-order valence-corrected chi connectivity index (χ3v) is 7.25. The molecule has 0 spiro atoms. The molecule has 4 rings (SSSR count). The van der Waals surface area contributed by atoms with Gasteiger partial charge in [-0.2, -0.15) is 0 Å². The van der Waals surface area contributed by atoms with E-state index in [1.807, 2.05) is 12.1 Å². The van der Waals surface area contributed by atoms with Crippen LogP contribution >= 0.6 is 11.3 Å². The Morgan fingerprint density at radius 3 is 2.74 bits per heavy atom. The fourth-order valence-corrected chi connectivity index (χ4v) is 5.10. The van der Waals surface area contributed by atoms with Gasteiger partial charge in [0.25, 0.3) is 5.69 Å². The largest absolute Gasteiger partial charge is 0.465 e. The number of fused-ring (bicyclic) bond motifs is 1. The summed E-state index contributed by atoms with van der Waals surface area (Å²) < 4.78 is 25.7. The first kappa shape index (κ1) is 26.9. The van der Waals surface area contributed by atoms with Gasteiger partial charge in [0.1, 0.15) is 5.75 Å². The Hall–Kier alpha value is -4.10. The van der Waals surface area contributed by atoms with E-state index in [1.54, 1.807) is 17.2 Å². The highest BCUT2D eigenvalue weighted by molar-refractivity contribution is 7.20. The minimum absolute atomic E-state index is 0.0892. The highest BCUT2D eigenvalue weighted by atomic mass is 32.1. The summed E-state index contributed by atoms with van der Waals surface area (Å²) in [6.45, 7) is 1.46. The number of rotatable bonds is 10. The van der Waals surface area contributed by atoms with Gasteiger partial charge in [-0.25, -0.2) is 9.18 Å². The standard InChI is InChI=1S/C25H25FN4O7S/c1-36-13-12-29(25(32)33)11-7-23(31)28-9-5-16(6-10-28)22-15-19-24(38-22)21(4-8-27-19)37-20-3-2-17(30(34)35)14-18(20)26/h2-5,8,14-15H,6-7,9-13H2,1H3,(H,32,33). The molecule has 1 N–H and O–H groups in total. The van der Waals surface area contributed by atoms with E-state index in [4.69, 9.17) is 9.47 Å². The lowest BCUT2D eigenvalue weighted by Crippen LogP contribution is -2.39. The maximum Gasteiger partial charge on any atom is 0.407 e. The third kappa shape index (κ3) is 6.23. The summed E-state index contributed by atoms with van der Waals surface area (Å²) in [6, 6.07) is 6.72. The zero-order valence-corrected chi connectivity index (χ0v) is 21.3. The van der Waals surface area contributed by atoms with Crippen LogP contribution < -0.4 is 4.74 Å². The SMILES string of the molecule is COCCN(CCC(=O)N1CC=C(c2cc3nccc(Oc4ccc([N+](=O)[O-])cc4F)c3s2)CC1)C(=O)O. The summed E-state index contributed by atoms with van der Waals surface area (Å²) in [6.07, 6.45) is 3.11. The number of methoxy groups -OCH3 is 1. The number of nitrogens with zero attached hydrogens (tertiary/aromatic N) is 4. The van der Waals surface area contributed by atoms with Crippen LogP contribution in [0.3, 0.4) is 0 Å². The van der Waals surface area contributed by atoms with Crippen LogP contribution in [0.1, 0.15) is 17.7 Å². The Bertz CT molecular complexity index is 1390. The van der Waals surface area contributed by atoms with E-state index in [2.05, 4.69) is 4.98 Å². The van der Waals surface area contributed by atoms with Crippen molar-refractivity contribution >= 4 is 44.8 Å². The number of carbonyl (C=O) groups is 2. The zero-order valence-electron chi connectivity index (χ0n) is 20.5. The quantitative estimate of drug-likeness (QED) is 0.285. The van der Waals surface area contributed by atoms with Crippen LogP contribution in [0, 0.1) is 15.9 Å². The van der Waals surface area contributed by atoms with Gasteiger partial charge in [-0.05, 0) is 24.1 Å². The fraction of sp³-hybridized carbons (Fsp3) is 0.320. The van der Waals surface area contributed by atoms with Crippen LogP contribution in [0.5, 0.6) is 11.5 Å². The number of ether oxygens (including phenoxy) is 2. The van der Waals surface area contributed by atoms with Gasteiger partial charge in [-0.1, -0.05) is 6.08 Å². The average molecular weight is 545 g/mol. The highest BCUT2D eigenvalue weighted by Gasteiger charge is 2.22.